The maximum atomic E-state index is 6.17. The maximum Gasteiger partial charge on any atom is 0.0438 e. The zero-order chi connectivity index (χ0) is 13.0. The third-order valence-corrected chi connectivity index (χ3v) is 3.75. The van der Waals surface area contributed by atoms with Gasteiger partial charge in [0.15, 0.2) is 0 Å². The van der Waals surface area contributed by atoms with Gasteiger partial charge in [-0.1, -0.05) is 57.9 Å². The van der Waals surface area contributed by atoms with Crippen molar-refractivity contribution >= 4 is 27.5 Å². The third-order valence-electron chi connectivity index (χ3n) is 2.85. The Morgan fingerprint density at radius 2 is 1.67 bits per heavy atom. The minimum absolute atomic E-state index is 0.0890. The summed E-state index contributed by atoms with van der Waals surface area (Å²) in [6, 6.07) is 16.2. The number of halogens is 2. The number of benzene rings is 2. The van der Waals surface area contributed by atoms with Crippen LogP contribution in [0.3, 0.4) is 0 Å². The van der Waals surface area contributed by atoms with Crippen LogP contribution in [0.1, 0.15) is 11.1 Å². The molecule has 2 rings (SSSR count). The Kier molecular flexibility index (Phi) is 4.81. The van der Waals surface area contributed by atoms with Crippen molar-refractivity contribution in [1.82, 2.24) is 0 Å². The van der Waals surface area contributed by atoms with Crippen LogP contribution in [-0.2, 0) is 12.8 Å². The molecule has 0 aromatic heterocycles. The van der Waals surface area contributed by atoms with Crippen LogP contribution in [0.2, 0.25) is 5.02 Å². The summed E-state index contributed by atoms with van der Waals surface area (Å²) < 4.78 is 1.09. The smallest absolute Gasteiger partial charge is 0.0438 e. The Bertz CT molecular complexity index is 510. The summed E-state index contributed by atoms with van der Waals surface area (Å²) in [5.41, 5.74) is 8.54. The second-order valence-electron chi connectivity index (χ2n) is 4.39. The van der Waals surface area contributed by atoms with E-state index in [0.29, 0.717) is 0 Å². The molecule has 0 fully saturated rings. The van der Waals surface area contributed by atoms with Gasteiger partial charge in [0.05, 0.1) is 0 Å². The van der Waals surface area contributed by atoms with Crippen molar-refractivity contribution < 1.29 is 0 Å². The molecule has 0 aliphatic rings. The molecule has 2 N–H and O–H groups in total. The summed E-state index contributed by atoms with van der Waals surface area (Å²) >= 11 is 9.56. The second-order valence-corrected chi connectivity index (χ2v) is 5.71. The fourth-order valence-electron chi connectivity index (χ4n) is 1.94. The van der Waals surface area contributed by atoms with Crippen LogP contribution < -0.4 is 5.73 Å². The zero-order valence-electron chi connectivity index (χ0n) is 9.94. The number of nitrogens with two attached hydrogens (primary N) is 1. The van der Waals surface area contributed by atoms with Gasteiger partial charge in [-0.25, -0.2) is 0 Å². The predicted molar refractivity (Wildman–Crippen MR) is 81.0 cm³/mol. The maximum absolute atomic E-state index is 6.17. The largest absolute Gasteiger partial charge is 0.327 e. The third kappa shape index (κ3) is 3.84. The Morgan fingerprint density at radius 1 is 1.00 bits per heavy atom. The number of rotatable bonds is 4. The molecular formula is C15H15BrClN. The van der Waals surface area contributed by atoms with Crippen LogP contribution in [-0.4, -0.2) is 6.04 Å². The first kappa shape index (κ1) is 13.6. The quantitative estimate of drug-likeness (QED) is 0.895. The first-order chi connectivity index (χ1) is 8.65. The average Bonchev–Trinajstić information content (AvgIpc) is 2.35. The van der Waals surface area contributed by atoms with E-state index in [-0.39, 0.29) is 6.04 Å². The molecule has 1 atom stereocenters. The molecule has 2 aromatic rings. The van der Waals surface area contributed by atoms with Gasteiger partial charge in [0, 0.05) is 15.5 Å². The summed E-state index contributed by atoms with van der Waals surface area (Å²) in [7, 11) is 0. The summed E-state index contributed by atoms with van der Waals surface area (Å²) in [5, 5.41) is 0.795. The lowest BCUT2D eigenvalue weighted by atomic mass is 10.00. The van der Waals surface area contributed by atoms with Crippen molar-refractivity contribution in [3.8, 4) is 0 Å². The van der Waals surface area contributed by atoms with Crippen LogP contribution in [0.25, 0.3) is 0 Å². The molecule has 1 unspecified atom stereocenters. The van der Waals surface area contributed by atoms with E-state index in [1.54, 1.807) is 0 Å². The monoisotopic (exact) mass is 323 g/mol. The molecule has 0 amide bonds. The Balaban J connectivity index is 1.99. The zero-order valence-corrected chi connectivity index (χ0v) is 12.3. The molecule has 0 aliphatic carbocycles. The molecule has 0 bridgehead atoms. The van der Waals surface area contributed by atoms with E-state index >= 15 is 0 Å². The molecule has 0 radical (unpaired) electrons. The highest BCUT2D eigenvalue weighted by Gasteiger charge is 2.07. The minimum Gasteiger partial charge on any atom is -0.327 e. The van der Waals surface area contributed by atoms with Gasteiger partial charge in [0.2, 0.25) is 0 Å². The fraction of sp³-hybridized carbons (Fsp3) is 0.200. The molecular weight excluding hydrogens is 310 g/mol. The highest BCUT2D eigenvalue weighted by molar-refractivity contribution is 9.10. The van der Waals surface area contributed by atoms with E-state index in [4.69, 9.17) is 17.3 Å². The fourth-order valence-corrected chi connectivity index (χ4v) is 2.42. The molecule has 18 heavy (non-hydrogen) atoms. The van der Waals surface area contributed by atoms with Gasteiger partial charge in [0.1, 0.15) is 0 Å². The van der Waals surface area contributed by atoms with Gasteiger partial charge < -0.3 is 5.73 Å². The first-order valence-electron chi connectivity index (χ1n) is 5.88. The molecule has 2 aromatic carbocycles. The van der Waals surface area contributed by atoms with Crippen molar-refractivity contribution in [2.24, 2.45) is 5.73 Å². The lowest BCUT2D eigenvalue weighted by Crippen LogP contribution is -2.25. The molecule has 0 spiro atoms. The van der Waals surface area contributed by atoms with Gasteiger partial charge in [-0.3, -0.25) is 0 Å². The van der Waals surface area contributed by atoms with Gasteiger partial charge >= 0.3 is 0 Å². The van der Waals surface area contributed by atoms with Gasteiger partial charge in [0.25, 0.3) is 0 Å². The minimum atomic E-state index is 0.0890. The second kappa shape index (κ2) is 6.37. The van der Waals surface area contributed by atoms with E-state index in [9.17, 15) is 0 Å². The van der Waals surface area contributed by atoms with E-state index in [1.807, 2.05) is 36.4 Å². The van der Waals surface area contributed by atoms with Crippen molar-refractivity contribution in [3.05, 3.63) is 69.2 Å². The van der Waals surface area contributed by atoms with Crippen LogP contribution in [0, 0.1) is 0 Å². The summed E-state index contributed by atoms with van der Waals surface area (Å²) in [5.74, 6) is 0. The highest BCUT2D eigenvalue weighted by Crippen LogP contribution is 2.18. The average molecular weight is 325 g/mol. The van der Waals surface area contributed by atoms with E-state index in [1.165, 1.54) is 5.56 Å². The normalized spacial score (nSPS) is 12.4. The SMILES string of the molecule is NC(Cc1ccc(Br)cc1)Cc1ccccc1Cl. The van der Waals surface area contributed by atoms with Crippen LogP contribution in [0.4, 0.5) is 0 Å². The van der Waals surface area contributed by atoms with Crippen molar-refractivity contribution in [2.45, 2.75) is 18.9 Å². The van der Waals surface area contributed by atoms with E-state index in [2.05, 4.69) is 28.1 Å². The molecule has 0 saturated carbocycles. The van der Waals surface area contributed by atoms with E-state index in [0.717, 1.165) is 27.9 Å². The molecule has 1 nitrogen and oxygen atoms in total. The van der Waals surface area contributed by atoms with Crippen LogP contribution >= 0.6 is 27.5 Å². The van der Waals surface area contributed by atoms with Gasteiger partial charge in [-0.2, -0.15) is 0 Å². The number of hydrogen-bond donors (Lipinski definition) is 1. The van der Waals surface area contributed by atoms with Crippen LogP contribution in [0.15, 0.2) is 53.0 Å². The Hall–Kier alpha value is -0.830. The predicted octanol–water partition coefficient (Wildman–Crippen LogP) is 4.22. The molecule has 0 saturated heterocycles. The summed E-state index contributed by atoms with van der Waals surface area (Å²) in [6.45, 7) is 0. The Labute approximate surface area is 121 Å². The molecule has 94 valence electrons. The lowest BCUT2D eigenvalue weighted by molar-refractivity contribution is 0.665. The van der Waals surface area contributed by atoms with Crippen molar-refractivity contribution in [2.75, 3.05) is 0 Å². The Morgan fingerprint density at radius 3 is 2.33 bits per heavy atom. The van der Waals surface area contributed by atoms with Crippen molar-refractivity contribution in [3.63, 3.8) is 0 Å². The van der Waals surface area contributed by atoms with Gasteiger partial charge in [-0.05, 0) is 42.2 Å². The topological polar surface area (TPSA) is 26.0 Å². The highest BCUT2D eigenvalue weighted by atomic mass is 79.9. The molecule has 3 heteroatoms. The first-order valence-corrected chi connectivity index (χ1v) is 7.05. The lowest BCUT2D eigenvalue weighted by Gasteiger charge is -2.13. The van der Waals surface area contributed by atoms with Crippen molar-refractivity contribution in [1.29, 1.82) is 0 Å². The number of hydrogen-bond acceptors (Lipinski definition) is 1. The van der Waals surface area contributed by atoms with Gasteiger partial charge in [-0.15, -0.1) is 0 Å². The molecule has 0 heterocycles. The summed E-state index contributed by atoms with van der Waals surface area (Å²) in [4.78, 5) is 0. The molecule has 0 aliphatic heterocycles. The standard InChI is InChI=1S/C15H15BrClN/c16-13-7-5-11(6-8-13)9-14(18)10-12-3-1-2-4-15(12)17/h1-8,14H,9-10,18H2. The van der Waals surface area contributed by atoms with Crippen LogP contribution in [0.5, 0.6) is 0 Å². The van der Waals surface area contributed by atoms with E-state index < -0.39 is 0 Å². The summed E-state index contributed by atoms with van der Waals surface area (Å²) in [6.07, 6.45) is 1.66.